The summed E-state index contributed by atoms with van der Waals surface area (Å²) in [6.45, 7) is 5.37. The van der Waals surface area contributed by atoms with Crippen molar-refractivity contribution < 1.29 is 17.9 Å². The Hall–Kier alpha value is -0.980. The summed E-state index contributed by atoms with van der Waals surface area (Å²) in [5.74, 6) is -0.813. The molecule has 0 heterocycles. The molecule has 20 heavy (non-hydrogen) atoms. The average molecular weight is 303 g/mol. The zero-order valence-corrected chi connectivity index (χ0v) is 12.9. The highest BCUT2D eigenvalue weighted by molar-refractivity contribution is 7.89. The van der Waals surface area contributed by atoms with Gasteiger partial charge in [0.2, 0.25) is 10.0 Å². The highest BCUT2D eigenvalue weighted by Gasteiger charge is 2.31. The third-order valence-electron chi connectivity index (χ3n) is 3.85. The van der Waals surface area contributed by atoms with Gasteiger partial charge >= 0.3 is 0 Å². The lowest BCUT2D eigenvalue weighted by Gasteiger charge is -2.31. The molecule has 0 radical (unpaired) electrons. The fourth-order valence-corrected chi connectivity index (χ4v) is 3.90. The first-order valence-electron chi connectivity index (χ1n) is 6.77. The lowest BCUT2D eigenvalue weighted by Crippen LogP contribution is -2.47. The largest absolute Gasteiger partial charge is 0.392 e. The van der Waals surface area contributed by atoms with Crippen LogP contribution in [0, 0.1) is 5.82 Å². The van der Waals surface area contributed by atoms with E-state index in [2.05, 4.69) is 4.72 Å². The minimum Gasteiger partial charge on any atom is -0.392 e. The van der Waals surface area contributed by atoms with Crippen molar-refractivity contribution >= 4 is 10.0 Å². The van der Waals surface area contributed by atoms with E-state index in [9.17, 15) is 12.8 Å². The number of hydrogen-bond donors (Lipinski definition) is 2. The molecule has 0 aliphatic rings. The van der Waals surface area contributed by atoms with Crippen LogP contribution < -0.4 is 4.72 Å². The molecule has 0 saturated carbocycles. The van der Waals surface area contributed by atoms with Crippen LogP contribution in [0.3, 0.4) is 0 Å². The van der Waals surface area contributed by atoms with E-state index in [1.54, 1.807) is 0 Å². The maximum absolute atomic E-state index is 13.8. The fraction of sp³-hybridized carbons (Fsp3) is 0.571. The number of rotatable bonds is 7. The maximum Gasteiger partial charge on any atom is 0.243 e. The Morgan fingerprint density at radius 3 is 2.20 bits per heavy atom. The van der Waals surface area contributed by atoms with Gasteiger partial charge in [0.05, 0.1) is 6.61 Å². The second kappa shape index (κ2) is 6.65. The molecule has 0 aliphatic heterocycles. The molecule has 1 aromatic carbocycles. The van der Waals surface area contributed by atoms with Gasteiger partial charge in [0.25, 0.3) is 0 Å². The van der Waals surface area contributed by atoms with Gasteiger partial charge in [-0.05, 0) is 37.0 Å². The van der Waals surface area contributed by atoms with Gasteiger partial charge in [-0.15, -0.1) is 0 Å². The van der Waals surface area contributed by atoms with E-state index in [0.717, 1.165) is 6.07 Å². The van der Waals surface area contributed by atoms with Gasteiger partial charge in [-0.3, -0.25) is 0 Å². The van der Waals surface area contributed by atoms with Crippen molar-refractivity contribution in [2.45, 2.75) is 57.1 Å². The highest BCUT2D eigenvalue weighted by atomic mass is 32.2. The monoisotopic (exact) mass is 303 g/mol. The average Bonchev–Trinajstić information content (AvgIpc) is 2.45. The van der Waals surface area contributed by atoms with Gasteiger partial charge in [-0.2, -0.15) is 0 Å². The minimum absolute atomic E-state index is 0.330. The molecule has 0 bridgehead atoms. The van der Waals surface area contributed by atoms with Crippen LogP contribution in [0.25, 0.3) is 0 Å². The second-order valence-electron chi connectivity index (χ2n) is 4.87. The van der Waals surface area contributed by atoms with Gasteiger partial charge < -0.3 is 5.11 Å². The summed E-state index contributed by atoms with van der Waals surface area (Å²) in [4.78, 5) is -0.413. The Morgan fingerprint density at radius 2 is 1.75 bits per heavy atom. The zero-order valence-electron chi connectivity index (χ0n) is 12.1. The lowest BCUT2D eigenvalue weighted by atomic mass is 9.91. The Kier molecular flexibility index (Phi) is 5.68. The topological polar surface area (TPSA) is 66.4 Å². The summed E-state index contributed by atoms with van der Waals surface area (Å²) in [6.07, 6.45) is 1.88. The van der Waals surface area contributed by atoms with E-state index >= 15 is 0 Å². The summed E-state index contributed by atoms with van der Waals surface area (Å²) in [5.41, 5.74) is -0.206. The summed E-state index contributed by atoms with van der Waals surface area (Å²) in [7, 11) is -3.95. The molecule has 0 atom stereocenters. The molecule has 0 spiro atoms. The van der Waals surface area contributed by atoms with Crippen LogP contribution in [0.5, 0.6) is 0 Å². The number of benzene rings is 1. The van der Waals surface area contributed by atoms with Crippen molar-refractivity contribution in [1.29, 1.82) is 0 Å². The fourth-order valence-electron chi connectivity index (χ4n) is 2.16. The number of hydrogen-bond acceptors (Lipinski definition) is 3. The molecular weight excluding hydrogens is 281 g/mol. The van der Waals surface area contributed by atoms with Crippen molar-refractivity contribution in [2.75, 3.05) is 0 Å². The van der Waals surface area contributed by atoms with Crippen LogP contribution in [0.15, 0.2) is 23.1 Å². The number of halogens is 1. The van der Waals surface area contributed by atoms with E-state index in [4.69, 9.17) is 5.11 Å². The van der Waals surface area contributed by atoms with E-state index in [0.29, 0.717) is 24.8 Å². The second-order valence-corrected chi connectivity index (χ2v) is 6.52. The van der Waals surface area contributed by atoms with Crippen LogP contribution in [0.4, 0.5) is 4.39 Å². The van der Waals surface area contributed by atoms with E-state index < -0.39 is 26.3 Å². The van der Waals surface area contributed by atoms with Crippen molar-refractivity contribution in [3.63, 3.8) is 0 Å². The number of aliphatic hydroxyl groups excluding tert-OH is 1. The van der Waals surface area contributed by atoms with Crippen LogP contribution >= 0.6 is 0 Å². The Labute approximate surface area is 120 Å². The number of sulfonamides is 1. The summed E-state index contributed by atoms with van der Waals surface area (Å²) in [6, 6.07) is 3.59. The Morgan fingerprint density at radius 1 is 1.20 bits per heavy atom. The van der Waals surface area contributed by atoms with Crippen molar-refractivity contribution in [1.82, 2.24) is 4.72 Å². The summed E-state index contributed by atoms with van der Waals surface area (Å²) < 4.78 is 41.2. The SMILES string of the molecule is CCC(CC)(CC)NS(=O)(=O)c1cc(CO)ccc1F. The first-order valence-corrected chi connectivity index (χ1v) is 8.25. The predicted octanol–water partition coefficient (Wildman–Crippen LogP) is 2.57. The third-order valence-corrected chi connectivity index (χ3v) is 5.44. The first-order chi connectivity index (χ1) is 9.34. The van der Waals surface area contributed by atoms with Gasteiger partial charge in [0, 0.05) is 5.54 Å². The molecule has 0 unspecified atom stereocenters. The predicted molar refractivity (Wildman–Crippen MR) is 76.2 cm³/mol. The summed E-state index contributed by atoms with van der Waals surface area (Å²) >= 11 is 0. The maximum atomic E-state index is 13.8. The zero-order chi connectivity index (χ0) is 15.4. The van der Waals surface area contributed by atoms with Crippen molar-refractivity contribution in [3.8, 4) is 0 Å². The third kappa shape index (κ3) is 3.56. The molecule has 0 amide bonds. The molecule has 1 aromatic rings. The normalized spacial score (nSPS) is 12.7. The van der Waals surface area contributed by atoms with Crippen molar-refractivity contribution in [3.05, 3.63) is 29.6 Å². The molecular formula is C14H22FNO3S. The molecule has 0 saturated heterocycles. The lowest BCUT2D eigenvalue weighted by molar-refractivity contribution is 0.281. The van der Waals surface area contributed by atoms with Crippen LogP contribution in [-0.2, 0) is 16.6 Å². The molecule has 0 fully saturated rings. The molecule has 2 N–H and O–H groups in total. The van der Waals surface area contributed by atoms with Crippen LogP contribution in [0.1, 0.15) is 45.6 Å². The molecule has 0 aromatic heterocycles. The molecule has 1 rings (SSSR count). The van der Waals surface area contributed by atoms with Gasteiger partial charge in [-0.1, -0.05) is 26.8 Å². The smallest absolute Gasteiger partial charge is 0.243 e. The molecule has 114 valence electrons. The van der Waals surface area contributed by atoms with Crippen LogP contribution in [-0.4, -0.2) is 19.1 Å². The standard InChI is InChI=1S/C14H22FNO3S/c1-4-14(5-2,6-3)16-20(18,19)13-9-11(10-17)7-8-12(13)15/h7-9,16-17H,4-6,10H2,1-3H3. The van der Waals surface area contributed by atoms with E-state index in [-0.39, 0.29) is 6.61 Å². The van der Waals surface area contributed by atoms with Gasteiger partial charge in [-0.25, -0.2) is 17.5 Å². The molecule has 4 nitrogen and oxygen atoms in total. The highest BCUT2D eigenvalue weighted by Crippen LogP contribution is 2.24. The molecule has 0 aliphatic carbocycles. The van der Waals surface area contributed by atoms with Gasteiger partial charge in [0.1, 0.15) is 10.7 Å². The van der Waals surface area contributed by atoms with E-state index in [1.165, 1.54) is 12.1 Å². The minimum atomic E-state index is -3.95. The van der Waals surface area contributed by atoms with Crippen molar-refractivity contribution in [2.24, 2.45) is 0 Å². The quantitative estimate of drug-likeness (QED) is 0.813. The molecule has 6 heteroatoms. The number of nitrogens with one attached hydrogen (secondary N) is 1. The van der Waals surface area contributed by atoms with Gasteiger partial charge in [0.15, 0.2) is 0 Å². The Bertz CT molecular complexity index is 545. The summed E-state index contributed by atoms with van der Waals surface area (Å²) in [5, 5.41) is 9.05. The van der Waals surface area contributed by atoms with E-state index in [1.807, 2.05) is 20.8 Å². The first kappa shape index (κ1) is 17.1. The Balaban J connectivity index is 3.23. The number of aliphatic hydroxyl groups is 1. The van der Waals surface area contributed by atoms with Crippen LogP contribution in [0.2, 0.25) is 0 Å².